The highest BCUT2D eigenvalue weighted by atomic mass is 16.4. The Kier molecular flexibility index (Phi) is 4.04. The summed E-state index contributed by atoms with van der Waals surface area (Å²) in [5.74, 6) is -1.03. The molecule has 1 N–H and O–H groups in total. The summed E-state index contributed by atoms with van der Waals surface area (Å²) in [7, 11) is 0. The molecule has 4 heteroatoms. The molecule has 4 nitrogen and oxygen atoms in total. The Morgan fingerprint density at radius 3 is 2.22 bits per heavy atom. The van der Waals surface area contributed by atoms with Crippen molar-refractivity contribution < 1.29 is 14.7 Å². The van der Waals surface area contributed by atoms with Gasteiger partial charge in [-0.1, -0.05) is 19.1 Å². The van der Waals surface area contributed by atoms with Crippen molar-refractivity contribution in [1.29, 1.82) is 0 Å². The number of aliphatic carboxylic acids is 1. The number of likely N-dealkylation sites (tertiary alicyclic amines) is 1. The Morgan fingerprint density at radius 2 is 1.67 bits per heavy atom. The predicted molar refractivity (Wildman–Crippen MR) is 68.0 cm³/mol. The first-order valence-electron chi connectivity index (χ1n) is 6.76. The van der Waals surface area contributed by atoms with Crippen LogP contribution in [0.5, 0.6) is 0 Å². The third-order valence-electron chi connectivity index (χ3n) is 4.16. The summed E-state index contributed by atoms with van der Waals surface area (Å²) >= 11 is 0. The highest BCUT2D eigenvalue weighted by molar-refractivity contribution is 5.85. The molecular formula is C14H21NO3. The average molecular weight is 251 g/mol. The smallest absolute Gasteiger partial charge is 0.307 e. The summed E-state index contributed by atoms with van der Waals surface area (Å²) in [6.45, 7) is 3.77. The Bertz CT molecular complexity index is 356. The van der Waals surface area contributed by atoms with Crippen LogP contribution in [0.15, 0.2) is 12.2 Å². The van der Waals surface area contributed by atoms with Gasteiger partial charge in [0.2, 0.25) is 5.91 Å². The minimum absolute atomic E-state index is 0.0404. The lowest BCUT2D eigenvalue weighted by Gasteiger charge is -2.35. The summed E-state index contributed by atoms with van der Waals surface area (Å²) in [5.41, 5.74) is 0. The lowest BCUT2D eigenvalue weighted by atomic mass is 9.81. The van der Waals surface area contributed by atoms with Gasteiger partial charge in [0.05, 0.1) is 11.8 Å². The van der Waals surface area contributed by atoms with E-state index in [4.69, 9.17) is 0 Å². The third kappa shape index (κ3) is 2.74. The van der Waals surface area contributed by atoms with Gasteiger partial charge in [-0.3, -0.25) is 9.59 Å². The number of nitrogens with zero attached hydrogens (tertiary/aromatic N) is 1. The van der Waals surface area contributed by atoms with Crippen LogP contribution >= 0.6 is 0 Å². The second-order valence-electron chi connectivity index (χ2n) is 5.50. The first kappa shape index (κ1) is 13.1. The minimum atomic E-state index is -0.844. The molecule has 18 heavy (non-hydrogen) atoms. The number of allylic oxidation sites excluding steroid dienone is 2. The van der Waals surface area contributed by atoms with Crippen molar-refractivity contribution >= 4 is 11.9 Å². The van der Waals surface area contributed by atoms with E-state index in [1.54, 1.807) is 0 Å². The van der Waals surface area contributed by atoms with E-state index in [0.717, 1.165) is 25.9 Å². The zero-order chi connectivity index (χ0) is 13.1. The molecule has 0 aromatic heterocycles. The number of rotatable bonds is 2. The van der Waals surface area contributed by atoms with E-state index in [2.05, 4.69) is 6.92 Å². The Labute approximate surface area is 108 Å². The second-order valence-corrected chi connectivity index (χ2v) is 5.50. The van der Waals surface area contributed by atoms with Crippen molar-refractivity contribution in [2.45, 2.75) is 32.6 Å². The normalized spacial score (nSPS) is 29.3. The minimum Gasteiger partial charge on any atom is -0.481 e. The standard InChI is InChI=1S/C14H21NO3/c1-10-6-8-15(9-7-10)13(16)11-4-2-3-5-12(11)14(17)18/h2-3,10-12H,4-9H2,1H3,(H,17,18)/t11-,12+/m1/s1. The van der Waals surface area contributed by atoms with Crippen molar-refractivity contribution in [2.24, 2.45) is 17.8 Å². The number of piperidine rings is 1. The number of carboxylic acids is 1. The maximum Gasteiger partial charge on any atom is 0.307 e. The molecule has 1 fully saturated rings. The summed E-state index contributed by atoms with van der Waals surface area (Å²) < 4.78 is 0. The predicted octanol–water partition coefficient (Wildman–Crippen LogP) is 1.91. The molecule has 0 aromatic carbocycles. The molecule has 1 aliphatic heterocycles. The molecule has 1 saturated heterocycles. The molecule has 1 amide bonds. The van der Waals surface area contributed by atoms with Crippen LogP contribution in [0.2, 0.25) is 0 Å². The van der Waals surface area contributed by atoms with Crippen LogP contribution in [0, 0.1) is 17.8 Å². The second kappa shape index (κ2) is 5.55. The molecule has 2 aliphatic rings. The van der Waals surface area contributed by atoms with E-state index in [-0.39, 0.29) is 11.8 Å². The maximum absolute atomic E-state index is 12.4. The van der Waals surface area contributed by atoms with Crippen LogP contribution in [-0.4, -0.2) is 35.0 Å². The van der Waals surface area contributed by atoms with Gasteiger partial charge in [-0.15, -0.1) is 0 Å². The van der Waals surface area contributed by atoms with E-state index in [0.29, 0.717) is 18.8 Å². The van der Waals surface area contributed by atoms with Crippen molar-refractivity contribution in [3.05, 3.63) is 12.2 Å². The number of amides is 1. The summed E-state index contributed by atoms with van der Waals surface area (Å²) in [4.78, 5) is 25.5. The molecule has 2 atom stereocenters. The quantitative estimate of drug-likeness (QED) is 0.763. The van der Waals surface area contributed by atoms with Crippen LogP contribution in [0.4, 0.5) is 0 Å². The number of hydrogen-bond acceptors (Lipinski definition) is 2. The topological polar surface area (TPSA) is 57.6 Å². The van der Waals surface area contributed by atoms with Gasteiger partial charge in [-0.2, -0.15) is 0 Å². The Balaban J connectivity index is 2.03. The molecule has 100 valence electrons. The van der Waals surface area contributed by atoms with E-state index in [9.17, 15) is 14.7 Å². The fraction of sp³-hybridized carbons (Fsp3) is 0.714. The lowest BCUT2D eigenvalue weighted by molar-refractivity contribution is -0.151. The highest BCUT2D eigenvalue weighted by Crippen LogP contribution is 2.29. The van der Waals surface area contributed by atoms with Crippen molar-refractivity contribution in [1.82, 2.24) is 4.90 Å². The first-order valence-corrected chi connectivity index (χ1v) is 6.76. The fourth-order valence-corrected chi connectivity index (χ4v) is 2.82. The molecule has 2 rings (SSSR count). The number of carbonyl (C=O) groups excluding carboxylic acids is 1. The molecule has 0 unspecified atom stereocenters. The maximum atomic E-state index is 12.4. The Morgan fingerprint density at radius 1 is 1.11 bits per heavy atom. The molecule has 0 saturated carbocycles. The number of carboxylic acid groups (broad SMARTS) is 1. The summed E-state index contributed by atoms with van der Waals surface area (Å²) in [6.07, 6.45) is 6.94. The van der Waals surface area contributed by atoms with Gasteiger partial charge in [-0.05, 0) is 31.6 Å². The van der Waals surface area contributed by atoms with Gasteiger partial charge in [0.15, 0.2) is 0 Å². The molecule has 1 aliphatic carbocycles. The van der Waals surface area contributed by atoms with E-state index in [1.807, 2.05) is 17.1 Å². The molecule has 1 heterocycles. The monoisotopic (exact) mass is 251 g/mol. The SMILES string of the molecule is CC1CCN(C(=O)[C@@H]2CC=CC[C@@H]2C(=O)O)CC1. The highest BCUT2D eigenvalue weighted by Gasteiger charge is 2.36. The zero-order valence-corrected chi connectivity index (χ0v) is 10.8. The van der Waals surface area contributed by atoms with Gasteiger partial charge in [0.25, 0.3) is 0 Å². The van der Waals surface area contributed by atoms with E-state index >= 15 is 0 Å². The molecule has 0 spiro atoms. The van der Waals surface area contributed by atoms with Gasteiger partial charge < -0.3 is 10.0 Å². The number of carbonyl (C=O) groups is 2. The molecule has 0 bridgehead atoms. The van der Waals surface area contributed by atoms with E-state index < -0.39 is 11.9 Å². The number of hydrogen-bond donors (Lipinski definition) is 1. The van der Waals surface area contributed by atoms with Crippen LogP contribution < -0.4 is 0 Å². The van der Waals surface area contributed by atoms with E-state index in [1.165, 1.54) is 0 Å². The van der Waals surface area contributed by atoms with Crippen molar-refractivity contribution in [2.75, 3.05) is 13.1 Å². The Hall–Kier alpha value is -1.32. The third-order valence-corrected chi connectivity index (χ3v) is 4.16. The zero-order valence-electron chi connectivity index (χ0n) is 10.8. The average Bonchev–Trinajstić information content (AvgIpc) is 2.39. The largest absolute Gasteiger partial charge is 0.481 e. The van der Waals surface area contributed by atoms with Crippen LogP contribution in [0.1, 0.15) is 32.6 Å². The molecule has 0 aromatic rings. The van der Waals surface area contributed by atoms with Gasteiger partial charge in [0.1, 0.15) is 0 Å². The van der Waals surface area contributed by atoms with Crippen LogP contribution in [0.3, 0.4) is 0 Å². The molecule has 0 radical (unpaired) electrons. The molecular weight excluding hydrogens is 230 g/mol. The van der Waals surface area contributed by atoms with Gasteiger partial charge in [0, 0.05) is 13.1 Å². The van der Waals surface area contributed by atoms with Crippen molar-refractivity contribution in [3.8, 4) is 0 Å². The summed E-state index contributed by atoms with van der Waals surface area (Å²) in [6, 6.07) is 0. The first-order chi connectivity index (χ1) is 8.59. The lowest BCUT2D eigenvalue weighted by Crippen LogP contribution is -2.45. The van der Waals surface area contributed by atoms with Gasteiger partial charge >= 0.3 is 5.97 Å². The van der Waals surface area contributed by atoms with Gasteiger partial charge in [-0.25, -0.2) is 0 Å². The van der Waals surface area contributed by atoms with Crippen molar-refractivity contribution in [3.63, 3.8) is 0 Å². The van der Waals surface area contributed by atoms with Crippen LogP contribution in [-0.2, 0) is 9.59 Å². The summed E-state index contributed by atoms with van der Waals surface area (Å²) in [5, 5.41) is 9.19. The fourth-order valence-electron chi connectivity index (χ4n) is 2.82. The van der Waals surface area contributed by atoms with Crippen LogP contribution in [0.25, 0.3) is 0 Å².